The number of aromatic nitrogens is 1. The standard InChI is InChI=1S/C20H20F3NO2/c1-19(10-25-11-19)12-26-18-16-4-2-3-15(16)17(9-24-18)13-5-7-14(8-6-13)20(21,22)23/h5-9H,2-4,10-12H2,1H3. The van der Waals surface area contributed by atoms with Crippen molar-refractivity contribution in [2.24, 2.45) is 5.41 Å². The first-order valence-electron chi connectivity index (χ1n) is 8.75. The molecule has 0 amide bonds. The molecule has 0 radical (unpaired) electrons. The second-order valence-electron chi connectivity index (χ2n) is 7.45. The molecule has 138 valence electrons. The molecule has 0 saturated carbocycles. The van der Waals surface area contributed by atoms with E-state index in [0.29, 0.717) is 25.7 Å². The van der Waals surface area contributed by atoms with Crippen LogP contribution < -0.4 is 4.74 Å². The third kappa shape index (κ3) is 3.18. The first-order valence-corrected chi connectivity index (χ1v) is 8.75. The Labute approximate surface area is 150 Å². The van der Waals surface area contributed by atoms with Crippen molar-refractivity contribution >= 4 is 0 Å². The van der Waals surface area contributed by atoms with Crippen LogP contribution in [0, 0.1) is 5.41 Å². The van der Waals surface area contributed by atoms with E-state index in [1.807, 2.05) is 0 Å². The number of halogens is 3. The molecule has 26 heavy (non-hydrogen) atoms. The van der Waals surface area contributed by atoms with Gasteiger partial charge in [0.2, 0.25) is 5.88 Å². The fourth-order valence-electron chi connectivity index (χ4n) is 3.54. The highest BCUT2D eigenvalue weighted by Gasteiger charge is 2.35. The Morgan fingerprint density at radius 3 is 2.42 bits per heavy atom. The summed E-state index contributed by atoms with van der Waals surface area (Å²) >= 11 is 0. The number of nitrogens with zero attached hydrogens (tertiary/aromatic N) is 1. The number of hydrogen-bond donors (Lipinski definition) is 0. The summed E-state index contributed by atoms with van der Waals surface area (Å²) in [4.78, 5) is 4.47. The van der Waals surface area contributed by atoms with Gasteiger partial charge in [0.1, 0.15) is 0 Å². The monoisotopic (exact) mass is 363 g/mol. The molecule has 0 spiro atoms. The van der Waals surface area contributed by atoms with Gasteiger partial charge in [-0.25, -0.2) is 4.98 Å². The summed E-state index contributed by atoms with van der Waals surface area (Å²) in [6.45, 7) is 4.07. The van der Waals surface area contributed by atoms with E-state index in [2.05, 4.69) is 11.9 Å². The van der Waals surface area contributed by atoms with Crippen LogP contribution in [0.4, 0.5) is 13.2 Å². The predicted molar refractivity (Wildman–Crippen MR) is 91.1 cm³/mol. The van der Waals surface area contributed by atoms with Gasteiger partial charge in [-0.15, -0.1) is 0 Å². The first-order chi connectivity index (χ1) is 12.4. The minimum Gasteiger partial charge on any atom is -0.477 e. The van der Waals surface area contributed by atoms with Crippen molar-refractivity contribution in [2.75, 3.05) is 19.8 Å². The smallest absolute Gasteiger partial charge is 0.416 e. The second-order valence-corrected chi connectivity index (χ2v) is 7.45. The van der Waals surface area contributed by atoms with Crippen LogP contribution in [0.15, 0.2) is 30.5 Å². The minimum atomic E-state index is -4.32. The highest BCUT2D eigenvalue weighted by Crippen LogP contribution is 2.38. The summed E-state index contributed by atoms with van der Waals surface area (Å²) in [7, 11) is 0. The first kappa shape index (κ1) is 17.3. The van der Waals surface area contributed by atoms with Gasteiger partial charge in [0.25, 0.3) is 0 Å². The number of hydrogen-bond acceptors (Lipinski definition) is 3. The number of ether oxygens (including phenoxy) is 2. The van der Waals surface area contributed by atoms with Crippen molar-refractivity contribution in [2.45, 2.75) is 32.4 Å². The summed E-state index contributed by atoms with van der Waals surface area (Å²) in [5.41, 5.74) is 3.29. The van der Waals surface area contributed by atoms with Crippen LogP contribution in [0.1, 0.15) is 30.0 Å². The predicted octanol–water partition coefficient (Wildman–Crippen LogP) is 4.67. The van der Waals surface area contributed by atoms with Gasteiger partial charge in [-0.05, 0) is 42.5 Å². The van der Waals surface area contributed by atoms with Gasteiger partial charge in [-0.3, -0.25) is 0 Å². The molecule has 0 unspecified atom stereocenters. The number of rotatable bonds is 4. The highest BCUT2D eigenvalue weighted by molar-refractivity contribution is 5.70. The molecule has 0 bridgehead atoms. The quantitative estimate of drug-likeness (QED) is 0.791. The fourth-order valence-corrected chi connectivity index (χ4v) is 3.54. The Morgan fingerprint density at radius 2 is 1.81 bits per heavy atom. The lowest BCUT2D eigenvalue weighted by Crippen LogP contribution is -2.44. The molecule has 6 heteroatoms. The van der Waals surface area contributed by atoms with Crippen LogP contribution in [0.25, 0.3) is 11.1 Å². The van der Waals surface area contributed by atoms with Crippen molar-refractivity contribution in [3.8, 4) is 17.0 Å². The van der Waals surface area contributed by atoms with Crippen molar-refractivity contribution in [3.63, 3.8) is 0 Å². The SMILES string of the molecule is CC1(COc2ncc(-c3ccc(C(F)(F)F)cc3)c3c2CCC3)COC1. The maximum atomic E-state index is 12.8. The average molecular weight is 363 g/mol. The number of benzene rings is 1. The normalized spacial score (nSPS) is 18.3. The van der Waals surface area contributed by atoms with Crippen molar-refractivity contribution in [3.05, 3.63) is 47.2 Å². The molecular formula is C20H20F3NO2. The van der Waals surface area contributed by atoms with E-state index in [1.165, 1.54) is 12.1 Å². The topological polar surface area (TPSA) is 31.4 Å². The van der Waals surface area contributed by atoms with E-state index in [0.717, 1.165) is 53.6 Å². The van der Waals surface area contributed by atoms with E-state index < -0.39 is 11.7 Å². The molecule has 2 aliphatic rings. The van der Waals surface area contributed by atoms with Gasteiger partial charge in [0, 0.05) is 22.7 Å². The Morgan fingerprint density at radius 1 is 1.12 bits per heavy atom. The zero-order chi connectivity index (χ0) is 18.4. The van der Waals surface area contributed by atoms with Crippen molar-refractivity contribution in [1.29, 1.82) is 0 Å². The summed E-state index contributed by atoms with van der Waals surface area (Å²) in [6.07, 6.45) is 0.190. The molecule has 1 fully saturated rings. The van der Waals surface area contributed by atoms with E-state index in [1.54, 1.807) is 6.20 Å². The molecule has 1 aromatic heterocycles. The summed E-state index contributed by atoms with van der Waals surface area (Å²) in [5.74, 6) is 0.654. The number of fused-ring (bicyclic) bond motifs is 1. The van der Waals surface area contributed by atoms with E-state index in [-0.39, 0.29) is 5.41 Å². The van der Waals surface area contributed by atoms with Gasteiger partial charge in [-0.2, -0.15) is 13.2 Å². The van der Waals surface area contributed by atoms with Gasteiger partial charge >= 0.3 is 6.18 Å². The zero-order valence-corrected chi connectivity index (χ0v) is 14.5. The summed E-state index contributed by atoms with van der Waals surface area (Å²) in [6, 6.07) is 5.29. The molecule has 2 heterocycles. The molecule has 3 nitrogen and oxygen atoms in total. The Balaban J connectivity index is 1.61. The van der Waals surface area contributed by atoms with Crippen LogP contribution in [0.2, 0.25) is 0 Å². The minimum absolute atomic E-state index is 0.0409. The summed E-state index contributed by atoms with van der Waals surface area (Å²) < 4.78 is 49.5. The van der Waals surface area contributed by atoms with Crippen LogP contribution in [-0.2, 0) is 23.8 Å². The number of alkyl halides is 3. The van der Waals surface area contributed by atoms with Gasteiger partial charge in [0.05, 0.1) is 25.4 Å². The molecule has 0 N–H and O–H groups in total. The Bertz CT molecular complexity index is 811. The van der Waals surface area contributed by atoms with Crippen LogP contribution >= 0.6 is 0 Å². The maximum absolute atomic E-state index is 12.8. The lowest BCUT2D eigenvalue weighted by atomic mass is 9.90. The van der Waals surface area contributed by atoms with Crippen LogP contribution in [-0.4, -0.2) is 24.8 Å². The van der Waals surface area contributed by atoms with Crippen LogP contribution in [0.3, 0.4) is 0 Å². The van der Waals surface area contributed by atoms with E-state index in [4.69, 9.17) is 9.47 Å². The Hall–Kier alpha value is -2.08. The molecule has 1 aliphatic carbocycles. The molecular weight excluding hydrogens is 343 g/mol. The molecule has 4 rings (SSSR count). The summed E-state index contributed by atoms with van der Waals surface area (Å²) in [5, 5.41) is 0. The zero-order valence-electron chi connectivity index (χ0n) is 14.5. The fraction of sp³-hybridized carbons (Fsp3) is 0.450. The molecule has 1 aromatic carbocycles. The molecule has 1 saturated heterocycles. The van der Waals surface area contributed by atoms with Crippen molar-refractivity contribution in [1.82, 2.24) is 4.98 Å². The lowest BCUT2D eigenvalue weighted by Gasteiger charge is -2.37. The largest absolute Gasteiger partial charge is 0.477 e. The second kappa shape index (κ2) is 6.27. The lowest BCUT2D eigenvalue weighted by molar-refractivity contribution is -0.137. The van der Waals surface area contributed by atoms with E-state index in [9.17, 15) is 13.2 Å². The highest BCUT2D eigenvalue weighted by atomic mass is 19.4. The van der Waals surface area contributed by atoms with Gasteiger partial charge in [-0.1, -0.05) is 19.1 Å². The molecule has 2 aromatic rings. The average Bonchev–Trinajstić information content (AvgIpc) is 3.07. The Kier molecular flexibility index (Phi) is 4.18. The third-order valence-corrected chi connectivity index (χ3v) is 5.09. The maximum Gasteiger partial charge on any atom is 0.416 e. The third-order valence-electron chi connectivity index (χ3n) is 5.09. The van der Waals surface area contributed by atoms with Crippen LogP contribution in [0.5, 0.6) is 5.88 Å². The van der Waals surface area contributed by atoms with Gasteiger partial charge < -0.3 is 9.47 Å². The van der Waals surface area contributed by atoms with Crippen molar-refractivity contribution < 1.29 is 22.6 Å². The van der Waals surface area contributed by atoms with Gasteiger partial charge in [0.15, 0.2) is 0 Å². The molecule has 1 aliphatic heterocycles. The molecule has 0 atom stereocenters. The number of pyridine rings is 1. The van der Waals surface area contributed by atoms with E-state index >= 15 is 0 Å².